The van der Waals surface area contributed by atoms with E-state index in [1.807, 2.05) is 41.7 Å². The van der Waals surface area contributed by atoms with Gasteiger partial charge in [-0.3, -0.25) is 9.20 Å². The Balaban J connectivity index is 1.58. The van der Waals surface area contributed by atoms with Crippen LogP contribution in [0, 0.1) is 6.92 Å². The normalized spacial score (nSPS) is 13.0. The Kier molecular flexibility index (Phi) is 5.93. The Morgan fingerprint density at radius 1 is 1.09 bits per heavy atom. The Morgan fingerprint density at radius 3 is 2.59 bits per heavy atom. The topological polar surface area (TPSA) is 96.7 Å². The average molecular weight is 470 g/mol. The van der Waals surface area contributed by atoms with Crippen LogP contribution < -0.4 is 5.32 Å². The van der Waals surface area contributed by atoms with Crippen molar-refractivity contribution < 1.29 is 13.2 Å². The number of aryl methyl sites for hydroxylation is 1. The molecular weight excluding hydrogens is 446 g/mol. The fraction of sp³-hybridized carbons (Fsp3) is 0.227. The van der Waals surface area contributed by atoms with E-state index in [0.717, 1.165) is 26.4 Å². The molecule has 166 valence electrons. The van der Waals surface area contributed by atoms with Crippen molar-refractivity contribution in [2.45, 2.75) is 29.1 Å². The van der Waals surface area contributed by atoms with E-state index in [2.05, 4.69) is 15.5 Å². The summed E-state index contributed by atoms with van der Waals surface area (Å²) in [5, 5.41) is 12.6. The number of amides is 1. The predicted octanol–water partition coefficient (Wildman–Crippen LogP) is 3.56. The van der Waals surface area contributed by atoms with Gasteiger partial charge in [-0.1, -0.05) is 36.0 Å². The molecular formula is C22H23N5O3S2. The summed E-state index contributed by atoms with van der Waals surface area (Å²) in [7, 11) is -0.659. The molecule has 10 heteroatoms. The first-order chi connectivity index (χ1) is 15.2. The molecule has 0 aliphatic heterocycles. The molecule has 1 amide bonds. The Hall–Kier alpha value is -2.95. The van der Waals surface area contributed by atoms with Crippen LogP contribution in [0.4, 0.5) is 5.69 Å². The number of nitrogens with one attached hydrogen (secondary N) is 1. The van der Waals surface area contributed by atoms with Crippen LogP contribution in [-0.2, 0) is 14.8 Å². The number of benzene rings is 2. The highest BCUT2D eigenvalue weighted by atomic mass is 32.2. The minimum Gasteiger partial charge on any atom is -0.325 e. The number of thioether (sulfide) groups is 1. The summed E-state index contributed by atoms with van der Waals surface area (Å²) in [5.74, 6) is -0.262. The molecule has 0 spiro atoms. The minimum atomic E-state index is -3.59. The zero-order valence-electron chi connectivity index (χ0n) is 18.1. The number of hydrogen-bond acceptors (Lipinski definition) is 6. The molecule has 2 aromatic heterocycles. The van der Waals surface area contributed by atoms with Crippen molar-refractivity contribution in [1.82, 2.24) is 18.9 Å². The summed E-state index contributed by atoms with van der Waals surface area (Å²) >= 11 is 1.29. The molecule has 4 rings (SSSR count). The number of pyridine rings is 1. The number of para-hydroxylation sites is 1. The lowest BCUT2D eigenvalue weighted by molar-refractivity contribution is -0.115. The van der Waals surface area contributed by atoms with Crippen LogP contribution in [0.25, 0.3) is 16.6 Å². The van der Waals surface area contributed by atoms with Crippen LogP contribution in [0.2, 0.25) is 0 Å². The highest BCUT2D eigenvalue weighted by Crippen LogP contribution is 2.28. The number of sulfonamides is 1. The third-order valence-corrected chi connectivity index (χ3v) is 7.96. The maximum Gasteiger partial charge on any atom is 0.242 e. The quantitative estimate of drug-likeness (QED) is 0.434. The molecule has 1 N–H and O–H groups in total. The predicted molar refractivity (Wildman–Crippen MR) is 126 cm³/mol. The van der Waals surface area contributed by atoms with Crippen LogP contribution in [-0.4, -0.2) is 52.6 Å². The first kappa shape index (κ1) is 22.3. The van der Waals surface area contributed by atoms with Crippen molar-refractivity contribution in [2.75, 3.05) is 19.4 Å². The molecule has 0 saturated heterocycles. The number of carbonyl (C=O) groups is 1. The summed E-state index contributed by atoms with van der Waals surface area (Å²) in [5.41, 5.74) is 3.22. The van der Waals surface area contributed by atoms with Gasteiger partial charge in [0.05, 0.1) is 15.7 Å². The SMILES string of the molecule is Cc1cc2nnc(SC(C)C(=O)Nc3cccc(S(=O)(=O)N(C)C)c3)n2c2ccccc12. The summed E-state index contributed by atoms with van der Waals surface area (Å²) in [6.07, 6.45) is 0. The molecule has 0 aliphatic rings. The summed E-state index contributed by atoms with van der Waals surface area (Å²) < 4.78 is 27.8. The fourth-order valence-corrected chi connectivity index (χ4v) is 5.17. The average Bonchev–Trinajstić information content (AvgIpc) is 3.16. The molecule has 0 fully saturated rings. The van der Waals surface area contributed by atoms with Crippen LogP contribution in [0.3, 0.4) is 0 Å². The van der Waals surface area contributed by atoms with E-state index in [4.69, 9.17) is 0 Å². The van der Waals surface area contributed by atoms with Crippen molar-refractivity contribution in [3.8, 4) is 0 Å². The monoisotopic (exact) mass is 469 g/mol. The first-order valence-corrected chi connectivity index (χ1v) is 12.2. The molecule has 32 heavy (non-hydrogen) atoms. The molecule has 0 saturated carbocycles. The van der Waals surface area contributed by atoms with Gasteiger partial charge in [-0.25, -0.2) is 12.7 Å². The van der Waals surface area contributed by atoms with Gasteiger partial charge >= 0.3 is 0 Å². The summed E-state index contributed by atoms with van der Waals surface area (Å²) in [4.78, 5) is 13.0. The van der Waals surface area contributed by atoms with E-state index in [1.165, 1.54) is 38.0 Å². The standard InChI is InChI=1S/C22H23N5O3S2/c1-14-12-20-24-25-22(27(20)19-11-6-5-10-18(14)19)31-15(2)21(28)23-16-8-7-9-17(13-16)32(29,30)26(3)4/h5-13,15H,1-4H3,(H,23,28). The van der Waals surface area contributed by atoms with Crippen LogP contribution in [0.1, 0.15) is 12.5 Å². The first-order valence-electron chi connectivity index (χ1n) is 9.92. The van der Waals surface area contributed by atoms with Gasteiger partial charge in [0.2, 0.25) is 15.9 Å². The van der Waals surface area contributed by atoms with E-state index in [1.54, 1.807) is 19.1 Å². The van der Waals surface area contributed by atoms with Crippen LogP contribution >= 0.6 is 11.8 Å². The highest BCUT2D eigenvalue weighted by Gasteiger charge is 2.21. The summed E-state index contributed by atoms with van der Waals surface area (Å²) in [6, 6.07) is 16.2. The highest BCUT2D eigenvalue weighted by molar-refractivity contribution is 8.00. The van der Waals surface area contributed by atoms with Gasteiger partial charge in [0, 0.05) is 25.2 Å². The van der Waals surface area contributed by atoms with Gasteiger partial charge in [-0.05, 0) is 49.7 Å². The van der Waals surface area contributed by atoms with Gasteiger partial charge in [0.25, 0.3) is 0 Å². The number of anilines is 1. The molecule has 0 bridgehead atoms. The number of carbonyl (C=O) groups excluding carboxylic acids is 1. The molecule has 0 aliphatic carbocycles. The lowest BCUT2D eigenvalue weighted by atomic mass is 10.1. The second-order valence-corrected chi connectivity index (χ2v) is 11.0. The van der Waals surface area contributed by atoms with E-state index in [0.29, 0.717) is 10.8 Å². The molecule has 0 radical (unpaired) electrons. The largest absolute Gasteiger partial charge is 0.325 e. The third-order valence-electron chi connectivity index (χ3n) is 5.11. The van der Waals surface area contributed by atoms with Crippen molar-refractivity contribution in [2.24, 2.45) is 0 Å². The number of rotatable bonds is 6. The maximum absolute atomic E-state index is 12.8. The van der Waals surface area contributed by atoms with Crippen LogP contribution in [0.15, 0.2) is 64.6 Å². The van der Waals surface area contributed by atoms with Gasteiger partial charge in [-0.2, -0.15) is 0 Å². The van der Waals surface area contributed by atoms with E-state index in [-0.39, 0.29) is 10.8 Å². The lowest BCUT2D eigenvalue weighted by Crippen LogP contribution is -2.24. The third kappa shape index (κ3) is 4.08. The number of aromatic nitrogens is 3. The van der Waals surface area contributed by atoms with Gasteiger partial charge in [0.1, 0.15) is 0 Å². The molecule has 1 unspecified atom stereocenters. The van der Waals surface area contributed by atoms with E-state index >= 15 is 0 Å². The number of fused-ring (bicyclic) bond motifs is 3. The Bertz CT molecular complexity index is 1430. The molecule has 2 heterocycles. The number of hydrogen-bond donors (Lipinski definition) is 1. The Labute approximate surface area is 190 Å². The molecule has 1 atom stereocenters. The second kappa shape index (κ2) is 8.53. The summed E-state index contributed by atoms with van der Waals surface area (Å²) in [6.45, 7) is 3.81. The molecule has 4 aromatic rings. The smallest absolute Gasteiger partial charge is 0.242 e. The molecule has 2 aromatic carbocycles. The van der Waals surface area contributed by atoms with Crippen molar-refractivity contribution in [3.05, 3.63) is 60.2 Å². The van der Waals surface area contributed by atoms with Gasteiger partial charge in [-0.15, -0.1) is 10.2 Å². The fourth-order valence-electron chi connectivity index (χ4n) is 3.35. The van der Waals surface area contributed by atoms with Gasteiger partial charge in [0.15, 0.2) is 10.8 Å². The Morgan fingerprint density at radius 2 is 1.84 bits per heavy atom. The van der Waals surface area contributed by atoms with Crippen LogP contribution in [0.5, 0.6) is 0 Å². The van der Waals surface area contributed by atoms with E-state index in [9.17, 15) is 13.2 Å². The minimum absolute atomic E-state index is 0.117. The second-order valence-electron chi connectivity index (χ2n) is 7.59. The maximum atomic E-state index is 12.8. The van der Waals surface area contributed by atoms with E-state index < -0.39 is 15.3 Å². The van der Waals surface area contributed by atoms with Gasteiger partial charge < -0.3 is 5.32 Å². The van der Waals surface area contributed by atoms with Crippen molar-refractivity contribution in [3.63, 3.8) is 0 Å². The number of nitrogens with zero attached hydrogens (tertiary/aromatic N) is 4. The zero-order chi connectivity index (χ0) is 23.0. The lowest BCUT2D eigenvalue weighted by Gasteiger charge is -2.14. The molecule has 8 nitrogen and oxygen atoms in total. The van der Waals surface area contributed by atoms with Crippen molar-refractivity contribution >= 4 is 49.9 Å². The van der Waals surface area contributed by atoms with Crippen molar-refractivity contribution in [1.29, 1.82) is 0 Å². The zero-order valence-corrected chi connectivity index (χ0v) is 19.7.